The van der Waals surface area contributed by atoms with Gasteiger partial charge in [0.1, 0.15) is 0 Å². The highest BCUT2D eigenvalue weighted by Gasteiger charge is 2.38. The minimum absolute atomic E-state index is 0.0372. The molecule has 1 aliphatic rings. The van der Waals surface area contributed by atoms with Gasteiger partial charge in [-0.3, -0.25) is 0 Å². The van der Waals surface area contributed by atoms with Crippen LogP contribution >= 0.6 is 0 Å². The van der Waals surface area contributed by atoms with E-state index in [4.69, 9.17) is 0 Å². The Kier molecular flexibility index (Phi) is 5.51. The van der Waals surface area contributed by atoms with Crippen LogP contribution in [0.4, 0.5) is 4.79 Å². The maximum absolute atomic E-state index is 13.1. The van der Waals surface area contributed by atoms with Gasteiger partial charge in [-0.25, -0.2) is 4.79 Å². The smallest absolute Gasteiger partial charge is 0.321 e. The average molecular weight is 336 g/mol. The number of carbonyl (C=O) groups is 1. The van der Waals surface area contributed by atoms with Crippen molar-refractivity contribution in [1.82, 2.24) is 9.80 Å². The van der Waals surface area contributed by atoms with Crippen LogP contribution in [0, 0.1) is 0 Å². The second kappa shape index (κ2) is 7.99. The Labute approximate surface area is 149 Å². The summed E-state index contributed by atoms with van der Waals surface area (Å²) in [5, 5.41) is 10.6. The highest BCUT2D eigenvalue weighted by atomic mass is 16.3. The Hall–Kier alpha value is -2.59. The van der Waals surface area contributed by atoms with Crippen molar-refractivity contribution >= 4 is 6.03 Å². The number of hydrogen-bond donors (Lipinski definition) is 1. The van der Waals surface area contributed by atoms with E-state index >= 15 is 0 Å². The number of β-amino-alcohol motifs (C(OH)–C–C–N with tert-alkyl or cyclic N) is 1. The zero-order chi connectivity index (χ0) is 17.6. The van der Waals surface area contributed by atoms with E-state index in [0.717, 1.165) is 11.1 Å². The molecular formula is C21H24N2O2. The maximum atomic E-state index is 13.1. The molecule has 4 heteroatoms. The number of nitrogens with zero attached hydrogens (tertiary/aromatic N) is 2. The molecule has 3 rings (SSSR count). The molecule has 1 aliphatic heterocycles. The van der Waals surface area contributed by atoms with E-state index in [0.29, 0.717) is 26.1 Å². The van der Waals surface area contributed by atoms with Gasteiger partial charge in [0.05, 0.1) is 18.7 Å². The highest BCUT2D eigenvalue weighted by molar-refractivity contribution is 5.76. The first-order valence-electron chi connectivity index (χ1n) is 8.61. The molecule has 0 spiro atoms. The summed E-state index contributed by atoms with van der Waals surface area (Å²) in [6.45, 7) is 5.11. The van der Waals surface area contributed by atoms with Gasteiger partial charge in [-0.1, -0.05) is 66.7 Å². The molecule has 0 saturated carbocycles. The number of amides is 2. The number of hydrogen-bond acceptors (Lipinski definition) is 2. The van der Waals surface area contributed by atoms with Crippen LogP contribution in [0.3, 0.4) is 0 Å². The van der Waals surface area contributed by atoms with Gasteiger partial charge in [0, 0.05) is 13.1 Å². The predicted molar refractivity (Wildman–Crippen MR) is 98.8 cm³/mol. The SMILES string of the molecule is C=CC[C@H]1[C@@H](O)CN(Cc2ccccc2)C(=O)N1Cc1ccccc1. The molecule has 0 aliphatic carbocycles. The third kappa shape index (κ3) is 4.09. The van der Waals surface area contributed by atoms with Crippen LogP contribution in [0.2, 0.25) is 0 Å². The molecule has 2 atom stereocenters. The van der Waals surface area contributed by atoms with Crippen LogP contribution in [0.15, 0.2) is 73.3 Å². The van der Waals surface area contributed by atoms with Gasteiger partial charge in [-0.15, -0.1) is 6.58 Å². The second-order valence-electron chi connectivity index (χ2n) is 6.42. The standard InChI is InChI=1S/C21H24N2O2/c1-2-9-19-20(24)16-22(14-17-10-5-3-6-11-17)21(25)23(19)15-18-12-7-4-8-13-18/h2-8,10-13,19-20,24H,1,9,14-16H2/t19-,20-/m0/s1. The van der Waals surface area contributed by atoms with Gasteiger partial charge < -0.3 is 14.9 Å². The van der Waals surface area contributed by atoms with Crippen molar-refractivity contribution in [3.8, 4) is 0 Å². The molecule has 0 unspecified atom stereocenters. The molecule has 1 N–H and O–H groups in total. The van der Waals surface area contributed by atoms with Crippen molar-refractivity contribution in [2.45, 2.75) is 31.7 Å². The van der Waals surface area contributed by atoms with Crippen LogP contribution in [0.25, 0.3) is 0 Å². The average Bonchev–Trinajstić information content (AvgIpc) is 2.64. The van der Waals surface area contributed by atoms with Crippen molar-refractivity contribution in [3.05, 3.63) is 84.4 Å². The molecular weight excluding hydrogens is 312 g/mol. The summed E-state index contributed by atoms with van der Waals surface area (Å²) in [5.74, 6) is 0. The second-order valence-corrected chi connectivity index (χ2v) is 6.42. The summed E-state index contributed by atoms with van der Waals surface area (Å²) in [7, 11) is 0. The molecule has 0 bridgehead atoms. The topological polar surface area (TPSA) is 43.8 Å². The molecule has 2 aromatic rings. The summed E-state index contributed by atoms with van der Waals surface area (Å²) in [6.07, 6.45) is 1.76. The maximum Gasteiger partial charge on any atom is 0.321 e. The van der Waals surface area contributed by atoms with Gasteiger partial charge in [0.15, 0.2) is 0 Å². The van der Waals surface area contributed by atoms with Crippen LogP contribution in [0.5, 0.6) is 0 Å². The number of aliphatic hydroxyl groups is 1. The lowest BCUT2D eigenvalue weighted by Gasteiger charge is -2.44. The van der Waals surface area contributed by atoms with E-state index in [1.807, 2.05) is 60.7 Å². The summed E-state index contributed by atoms with van der Waals surface area (Å²) in [5.41, 5.74) is 2.11. The Bertz CT molecular complexity index is 702. The van der Waals surface area contributed by atoms with Gasteiger partial charge in [-0.2, -0.15) is 0 Å². The molecule has 4 nitrogen and oxygen atoms in total. The van der Waals surface area contributed by atoms with Crippen LogP contribution in [-0.2, 0) is 13.1 Å². The summed E-state index contributed by atoms with van der Waals surface area (Å²) < 4.78 is 0. The Morgan fingerprint density at radius 1 is 1.00 bits per heavy atom. The van der Waals surface area contributed by atoms with Gasteiger partial charge >= 0.3 is 6.03 Å². The third-order valence-corrected chi connectivity index (χ3v) is 4.59. The fourth-order valence-electron chi connectivity index (χ4n) is 3.31. The van der Waals surface area contributed by atoms with E-state index in [9.17, 15) is 9.90 Å². The van der Waals surface area contributed by atoms with E-state index in [-0.39, 0.29) is 12.1 Å². The first-order valence-corrected chi connectivity index (χ1v) is 8.61. The molecule has 2 aromatic carbocycles. The van der Waals surface area contributed by atoms with Gasteiger partial charge in [0.25, 0.3) is 0 Å². The zero-order valence-electron chi connectivity index (χ0n) is 14.3. The van der Waals surface area contributed by atoms with E-state index in [1.165, 1.54) is 0 Å². The normalized spacial score (nSPS) is 20.6. The molecule has 25 heavy (non-hydrogen) atoms. The number of aliphatic hydroxyl groups excluding tert-OH is 1. The van der Waals surface area contributed by atoms with Crippen molar-refractivity contribution in [2.24, 2.45) is 0 Å². The summed E-state index contributed by atoms with van der Waals surface area (Å²) in [6, 6.07) is 19.5. The molecule has 130 valence electrons. The molecule has 0 aromatic heterocycles. The van der Waals surface area contributed by atoms with Crippen LogP contribution < -0.4 is 0 Å². The van der Waals surface area contributed by atoms with Crippen molar-refractivity contribution in [2.75, 3.05) is 6.54 Å². The molecule has 0 radical (unpaired) electrons. The highest BCUT2D eigenvalue weighted by Crippen LogP contribution is 2.24. The molecule has 1 saturated heterocycles. The first kappa shape index (κ1) is 17.2. The Morgan fingerprint density at radius 2 is 1.56 bits per heavy atom. The number of carbonyl (C=O) groups excluding carboxylic acids is 1. The minimum Gasteiger partial charge on any atom is -0.389 e. The quantitative estimate of drug-likeness (QED) is 0.821. The predicted octanol–water partition coefficient (Wildman–Crippen LogP) is 3.43. The lowest BCUT2D eigenvalue weighted by atomic mass is 10.0. The molecule has 1 fully saturated rings. The number of urea groups is 1. The molecule has 1 heterocycles. The Morgan fingerprint density at radius 3 is 2.12 bits per heavy atom. The van der Waals surface area contributed by atoms with Crippen molar-refractivity contribution in [1.29, 1.82) is 0 Å². The van der Waals surface area contributed by atoms with Gasteiger partial charge in [-0.05, 0) is 17.5 Å². The van der Waals surface area contributed by atoms with Crippen molar-refractivity contribution < 1.29 is 9.90 Å². The Balaban J connectivity index is 1.81. The fraction of sp³-hybridized carbons (Fsp3) is 0.286. The largest absolute Gasteiger partial charge is 0.389 e. The lowest BCUT2D eigenvalue weighted by Crippen LogP contribution is -2.60. The fourth-order valence-corrected chi connectivity index (χ4v) is 3.31. The third-order valence-electron chi connectivity index (χ3n) is 4.59. The monoisotopic (exact) mass is 336 g/mol. The first-order chi connectivity index (χ1) is 12.2. The lowest BCUT2D eigenvalue weighted by molar-refractivity contribution is -0.00341. The van der Waals surface area contributed by atoms with E-state index in [2.05, 4.69) is 6.58 Å². The van der Waals surface area contributed by atoms with Crippen molar-refractivity contribution in [3.63, 3.8) is 0 Å². The summed E-state index contributed by atoms with van der Waals surface area (Å²) >= 11 is 0. The van der Waals surface area contributed by atoms with Crippen LogP contribution in [-0.4, -0.2) is 39.6 Å². The molecule has 2 amide bonds. The van der Waals surface area contributed by atoms with E-state index < -0.39 is 6.10 Å². The van der Waals surface area contributed by atoms with Crippen LogP contribution in [0.1, 0.15) is 17.5 Å². The number of rotatable bonds is 6. The summed E-state index contributed by atoms with van der Waals surface area (Å²) in [4.78, 5) is 16.6. The number of benzene rings is 2. The minimum atomic E-state index is -0.594. The van der Waals surface area contributed by atoms with Gasteiger partial charge in [0.2, 0.25) is 0 Å². The zero-order valence-corrected chi connectivity index (χ0v) is 14.3. The van der Waals surface area contributed by atoms with E-state index in [1.54, 1.807) is 15.9 Å².